The minimum atomic E-state index is 0.500. The Labute approximate surface area is 117 Å². The number of hydrogen-bond acceptors (Lipinski definition) is 2. The summed E-state index contributed by atoms with van der Waals surface area (Å²) in [4.78, 5) is 1.50. The van der Waals surface area contributed by atoms with Gasteiger partial charge in [0.2, 0.25) is 0 Å². The van der Waals surface area contributed by atoms with Crippen molar-refractivity contribution in [2.24, 2.45) is 5.41 Å². The largest absolute Gasteiger partial charge is 0.309 e. The van der Waals surface area contributed by atoms with Gasteiger partial charge < -0.3 is 5.32 Å². The monoisotopic (exact) mass is 315 g/mol. The molecule has 1 aromatic rings. The molecule has 0 aromatic carbocycles. The highest BCUT2D eigenvalue weighted by atomic mass is 79.9. The maximum absolute atomic E-state index is 3.74. The Bertz CT molecular complexity index is 355. The van der Waals surface area contributed by atoms with Crippen LogP contribution in [-0.4, -0.2) is 6.54 Å². The van der Waals surface area contributed by atoms with Crippen molar-refractivity contribution in [1.82, 2.24) is 5.32 Å². The van der Waals surface area contributed by atoms with Crippen molar-refractivity contribution < 1.29 is 0 Å². The van der Waals surface area contributed by atoms with E-state index in [1.54, 1.807) is 0 Å². The molecule has 1 saturated carbocycles. The lowest BCUT2D eigenvalue weighted by Crippen LogP contribution is -2.35. The highest BCUT2D eigenvalue weighted by Crippen LogP contribution is 2.51. The van der Waals surface area contributed by atoms with Crippen molar-refractivity contribution in [3.8, 4) is 0 Å². The van der Waals surface area contributed by atoms with Gasteiger partial charge in [-0.15, -0.1) is 11.3 Å². The normalized spacial score (nSPS) is 20.6. The zero-order valence-electron chi connectivity index (χ0n) is 10.8. The van der Waals surface area contributed by atoms with Gasteiger partial charge in [0.25, 0.3) is 0 Å². The van der Waals surface area contributed by atoms with E-state index in [0.717, 1.165) is 6.54 Å². The summed E-state index contributed by atoms with van der Waals surface area (Å²) in [7, 11) is 0. The fourth-order valence-electron chi connectivity index (χ4n) is 3.23. The molecular formula is C14H22BrNS. The highest BCUT2D eigenvalue weighted by molar-refractivity contribution is 9.11. The molecule has 1 N–H and O–H groups in total. The van der Waals surface area contributed by atoms with Gasteiger partial charge in [-0.05, 0) is 59.3 Å². The first-order chi connectivity index (χ1) is 8.22. The molecule has 0 spiro atoms. The molecule has 1 unspecified atom stereocenters. The van der Waals surface area contributed by atoms with Crippen molar-refractivity contribution in [3.05, 3.63) is 20.8 Å². The highest BCUT2D eigenvalue weighted by Gasteiger charge is 2.40. The molecule has 96 valence electrons. The van der Waals surface area contributed by atoms with Crippen LogP contribution >= 0.6 is 27.3 Å². The van der Waals surface area contributed by atoms with E-state index >= 15 is 0 Å². The second-order valence-electron chi connectivity index (χ2n) is 5.06. The van der Waals surface area contributed by atoms with E-state index in [9.17, 15) is 0 Å². The molecule has 3 heteroatoms. The van der Waals surface area contributed by atoms with Crippen molar-refractivity contribution in [3.63, 3.8) is 0 Å². The summed E-state index contributed by atoms with van der Waals surface area (Å²) in [5, 5.41) is 3.74. The first-order valence-corrected chi connectivity index (χ1v) is 8.31. The molecule has 1 atom stereocenters. The number of nitrogens with one attached hydrogen (secondary N) is 1. The molecular weight excluding hydrogens is 294 g/mol. The summed E-state index contributed by atoms with van der Waals surface area (Å²) in [5.41, 5.74) is 0.500. The van der Waals surface area contributed by atoms with Crippen LogP contribution in [0.1, 0.15) is 56.9 Å². The third-order valence-electron chi connectivity index (χ3n) is 4.20. The fraction of sp³-hybridized carbons (Fsp3) is 0.714. The molecule has 1 aliphatic rings. The van der Waals surface area contributed by atoms with Gasteiger partial charge in [-0.1, -0.05) is 26.7 Å². The molecule has 2 rings (SSSR count). The molecule has 0 amide bonds. The van der Waals surface area contributed by atoms with Gasteiger partial charge in [-0.3, -0.25) is 0 Å². The molecule has 1 heterocycles. The Kier molecular flexibility index (Phi) is 4.67. The topological polar surface area (TPSA) is 12.0 Å². The molecule has 1 fully saturated rings. The standard InChI is InChI=1S/C14H22BrNS/c1-3-14(9-5-6-10-14)13(16-4-2)11-7-8-12(15)17-11/h7-8,13,16H,3-6,9-10H2,1-2H3. The third kappa shape index (κ3) is 2.77. The van der Waals surface area contributed by atoms with Crippen LogP contribution in [0.25, 0.3) is 0 Å². The average Bonchev–Trinajstić information content (AvgIpc) is 2.95. The van der Waals surface area contributed by atoms with Crippen molar-refractivity contribution in [1.29, 1.82) is 0 Å². The Balaban J connectivity index is 2.27. The SMILES string of the molecule is CCNC(c1ccc(Br)s1)C1(CC)CCCC1. The van der Waals surface area contributed by atoms with E-state index in [1.807, 2.05) is 11.3 Å². The zero-order valence-corrected chi connectivity index (χ0v) is 13.2. The van der Waals surface area contributed by atoms with Gasteiger partial charge in [0.1, 0.15) is 0 Å². The van der Waals surface area contributed by atoms with Gasteiger partial charge >= 0.3 is 0 Å². The minimum Gasteiger partial charge on any atom is -0.309 e. The van der Waals surface area contributed by atoms with Crippen LogP contribution in [0.4, 0.5) is 0 Å². The summed E-state index contributed by atoms with van der Waals surface area (Å²) < 4.78 is 1.25. The summed E-state index contributed by atoms with van der Waals surface area (Å²) in [5.74, 6) is 0. The number of hydrogen-bond donors (Lipinski definition) is 1. The maximum atomic E-state index is 3.74. The van der Waals surface area contributed by atoms with Gasteiger partial charge in [-0.2, -0.15) is 0 Å². The van der Waals surface area contributed by atoms with Crippen molar-refractivity contribution >= 4 is 27.3 Å². The van der Waals surface area contributed by atoms with Crippen LogP contribution in [0.3, 0.4) is 0 Å². The molecule has 0 aliphatic heterocycles. The van der Waals surface area contributed by atoms with Crippen LogP contribution < -0.4 is 5.32 Å². The van der Waals surface area contributed by atoms with E-state index in [2.05, 4.69) is 47.2 Å². The Hall–Kier alpha value is 0.140. The smallest absolute Gasteiger partial charge is 0.0701 e. The molecule has 1 nitrogen and oxygen atoms in total. The Morgan fingerprint density at radius 2 is 2.06 bits per heavy atom. The lowest BCUT2D eigenvalue weighted by Gasteiger charge is -2.37. The first kappa shape index (κ1) is 13.6. The van der Waals surface area contributed by atoms with E-state index in [4.69, 9.17) is 0 Å². The Morgan fingerprint density at radius 1 is 1.35 bits per heavy atom. The van der Waals surface area contributed by atoms with Crippen molar-refractivity contribution in [2.75, 3.05) is 6.54 Å². The minimum absolute atomic E-state index is 0.500. The van der Waals surface area contributed by atoms with Gasteiger partial charge in [0.05, 0.1) is 3.79 Å². The predicted octanol–water partition coefficient (Wildman–Crippen LogP) is 5.13. The van der Waals surface area contributed by atoms with Gasteiger partial charge in [-0.25, -0.2) is 0 Å². The molecule has 0 saturated heterocycles. The summed E-state index contributed by atoms with van der Waals surface area (Å²) in [6.45, 7) is 5.63. The number of halogens is 1. The second-order valence-corrected chi connectivity index (χ2v) is 7.55. The van der Waals surface area contributed by atoms with Crippen LogP contribution in [0.2, 0.25) is 0 Å². The van der Waals surface area contributed by atoms with Gasteiger partial charge in [0.15, 0.2) is 0 Å². The summed E-state index contributed by atoms with van der Waals surface area (Å²) in [6.07, 6.45) is 6.87. The fourth-order valence-corrected chi connectivity index (χ4v) is 4.87. The van der Waals surface area contributed by atoms with E-state index in [-0.39, 0.29) is 0 Å². The van der Waals surface area contributed by atoms with E-state index in [1.165, 1.54) is 40.8 Å². The van der Waals surface area contributed by atoms with Crippen LogP contribution in [-0.2, 0) is 0 Å². The van der Waals surface area contributed by atoms with E-state index < -0.39 is 0 Å². The quantitative estimate of drug-likeness (QED) is 0.794. The van der Waals surface area contributed by atoms with Crippen LogP contribution in [0.15, 0.2) is 15.9 Å². The predicted molar refractivity (Wildman–Crippen MR) is 79.6 cm³/mol. The number of rotatable bonds is 5. The lowest BCUT2D eigenvalue weighted by molar-refractivity contribution is 0.192. The molecule has 1 aromatic heterocycles. The summed E-state index contributed by atoms with van der Waals surface area (Å²) >= 11 is 5.48. The van der Waals surface area contributed by atoms with Gasteiger partial charge in [0, 0.05) is 10.9 Å². The third-order valence-corrected chi connectivity index (χ3v) is 5.89. The Morgan fingerprint density at radius 3 is 2.53 bits per heavy atom. The van der Waals surface area contributed by atoms with Crippen molar-refractivity contribution in [2.45, 2.75) is 52.0 Å². The molecule has 0 radical (unpaired) electrons. The van der Waals surface area contributed by atoms with Crippen LogP contribution in [0, 0.1) is 5.41 Å². The molecule has 1 aliphatic carbocycles. The first-order valence-electron chi connectivity index (χ1n) is 6.70. The molecule has 0 bridgehead atoms. The van der Waals surface area contributed by atoms with Crippen LogP contribution in [0.5, 0.6) is 0 Å². The lowest BCUT2D eigenvalue weighted by atomic mass is 9.75. The number of thiophene rings is 1. The zero-order chi connectivity index (χ0) is 12.3. The van der Waals surface area contributed by atoms with E-state index in [0.29, 0.717) is 11.5 Å². The summed E-state index contributed by atoms with van der Waals surface area (Å²) in [6, 6.07) is 5.02. The average molecular weight is 316 g/mol. The second kappa shape index (κ2) is 5.85. The maximum Gasteiger partial charge on any atom is 0.0701 e. The molecule has 17 heavy (non-hydrogen) atoms.